The van der Waals surface area contributed by atoms with E-state index in [1.54, 1.807) is 35.6 Å². The van der Waals surface area contributed by atoms with Gasteiger partial charge in [0.05, 0.1) is 24.7 Å². The summed E-state index contributed by atoms with van der Waals surface area (Å²) in [5.41, 5.74) is 8.51. The Morgan fingerprint density at radius 2 is 2.18 bits per heavy atom. The third-order valence-corrected chi connectivity index (χ3v) is 2.64. The van der Waals surface area contributed by atoms with Crippen molar-refractivity contribution in [3.05, 3.63) is 24.2 Å². The number of rotatable bonds is 2. The van der Waals surface area contributed by atoms with Gasteiger partial charge < -0.3 is 15.0 Å². The molecule has 6 heteroatoms. The summed E-state index contributed by atoms with van der Waals surface area (Å²) >= 11 is 0. The van der Waals surface area contributed by atoms with Crippen molar-refractivity contribution in [1.29, 1.82) is 0 Å². The molecule has 90 valence electrons. The molecule has 0 bridgehead atoms. The van der Waals surface area contributed by atoms with Crippen LogP contribution in [-0.2, 0) is 18.8 Å². The smallest absolute Gasteiger partial charge is 0.354 e. The van der Waals surface area contributed by atoms with Crippen molar-refractivity contribution >= 4 is 11.7 Å². The summed E-state index contributed by atoms with van der Waals surface area (Å²) < 4.78 is 8.07. The molecule has 0 aromatic carbocycles. The van der Waals surface area contributed by atoms with Crippen LogP contribution >= 0.6 is 0 Å². The van der Waals surface area contributed by atoms with Crippen LogP contribution < -0.4 is 5.73 Å². The summed E-state index contributed by atoms with van der Waals surface area (Å²) in [6, 6.07) is 1.74. The number of esters is 1. The van der Waals surface area contributed by atoms with E-state index in [9.17, 15) is 4.79 Å². The van der Waals surface area contributed by atoms with Gasteiger partial charge in [-0.05, 0) is 6.07 Å². The molecule has 0 amide bonds. The minimum Gasteiger partial charge on any atom is -0.464 e. The summed E-state index contributed by atoms with van der Waals surface area (Å²) in [5.74, 6) is -0.375. The summed E-state index contributed by atoms with van der Waals surface area (Å²) in [7, 11) is 4.94. The topological polar surface area (TPSA) is 75.1 Å². The van der Waals surface area contributed by atoms with Gasteiger partial charge in [0.2, 0.25) is 0 Å². The van der Waals surface area contributed by atoms with Gasteiger partial charge in [-0.15, -0.1) is 0 Å². The van der Waals surface area contributed by atoms with E-state index < -0.39 is 0 Å². The molecule has 0 atom stereocenters. The molecule has 0 saturated heterocycles. The lowest BCUT2D eigenvalue weighted by atomic mass is 10.2. The molecule has 2 aromatic heterocycles. The van der Waals surface area contributed by atoms with E-state index in [0.717, 1.165) is 11.3 Å². The van der Waals surface area contributed by atoms with Gasteiger partial charge >= 0.3 is 5.97 Å². The molecule has 0 saturated carbocycles. The van der Waals surface area contributed by atoms with Gasteiger partial charge in [0.15, 0.2) is 0 Å². The van der Waals surface area contributed by atoms with Gasteiger partial charge in [0.1, 0.15) is 5.69 Å². The normalized spacial score (nSPS) is 10.5. The Morgan fingerprint density at radius 1 is 1.47 bits per heavy atom. The highest BCUT2D eigenvalue weighted by Crippen LogP contribution is 2.26. The molecular formula is C11H14N4O2. The predicted octanol–water partition coefficient (Wildman–Crippen LogP) is 0.794. The highest BCUT2D eigenvalue weighted by molar-refractivity contribution is 5.90. The lowest BCUT2D eigenvalue weighted by molar-refractivity contribution is 0.0590. The first-order chi connectivity index (χ1) is 8.04. The van der Waals surface area contributed by atoms with Crippen molar-refractivity contribution in [2.75, 3.05) is 12.8 Å². The SMILES string of the molecule is COC(=O)c1cc(-c2c(N)cnn2C)cn1C. The molecule has 6 nitrogen and oxygen atoms in total. The van der Waals surface area contributed by atoms with Crippen molar-refractivity contribution in [2.45, 2.75) is 0 Å². The molecule has 2 aromatic rings. The second-order valence-electron chi connectivity index (χ2n) is 3.79. The van der Waals surface area contributed by atoms with Gasteiger partial charge in [-0.3, -0.25) is 4.68 Å². The highest BCUT2D eigenvalue weighted by atomic mass is 16.5. The van der Waals surface area contributed by atoms with E-state index in [2.05, 4.69) is 5.10 Å². The van der Waals surface area contributed by atoms with Crippen LogP contribution in [-0.4, -0.2) is 27.4 Å². The van der Waals surface area contributed by atoms with E-state index in [1.807, 2.05) is 6.20 Å². The standard InChI is InChI=1S/C11H14N4O2/c1-14-6-7(4-9(14)11(16)17-3)10-8(12)5-13-15(10)2/h4-6H,12H2,1-3H3. The van der Waals surface area contributed by atoms with Crippen LogP contribution in [0, 0.1) is 0 Å². The fourth-order valence-electron chi connectivity index (χ4n) is 1.81. The Kier molecular flexibility index (Phi) is 2.63. The zero-order chi connectivity index (χ0) is 12.6. The largest absolute Gasteiger partial charge is 0.464 e. The van der Waals surface area contributed by atoms with Crippen LogP contribution in [0.5, 0.6) is 0 Å². The van der Waals surface area contributed by atoms with Crippen LogP contribution in [0.15, 0.2) is 18.5 Å². The lowest BCUT2D eigenvalue weighted by Gasteiger charge is -1.99. The fourth-order valence-corrected chi connectivity index (χ4v) is 1.81. The first-order valence-electron chi connectivity index (χ1n) is 5.07. The minimum absolute atomic E-state index is 0.375. The van der Waals surface area contributed by atoms with Crippen LogP contribution in [0.25, 0.3) is 11.3 Å². The number of methoxy groups -OCH3 is 1. The average Bonchev–Trinajstić information content (AvgIpc) is 2.81. The van der Waals surface area contributed by atoms with E-state index in [0.29, 0.717) is 11.4 Å². The number of nitrogen functional groups attached to an aromatic ring is 1. The molecule has 0 aliphatic heterocycles. The first kappa shape index (κ1) is 11.3. The number of hydrogen-bond acceptors (Lipinski definition) is 4. The maximum absolute atomic E-state index is 11.5. The number of carbonyl (C=O) groups excluding carboxylic acids is 1. The van der Waals surface area contributed by atoms with Gasteiger partial charge in [0.25, 0.3) is 0 Å². The molecule has 0 radical (unpaired) electrons. The number of anilines is 1. The molecule has 2 rings (SSSR count). The quantitative estimate of drug-likeness (QED) is 0.780. The van der Waals surface area contributed by atoms with E-state index >= 15 is 0 Å². The Balaban J connectivity index is 2.52. The zero-order valence-electron chi connectivity index (χ0n) is 9.97. The number of carbonyl (C=O) groups is 1. The average molecular weight is 234 g/mol. The predicted molar refractivity (Wildman–Crippen MR) is 63.4 cm³/mol. The number of aryl methyl sites for hydroxylation is 2. The number of ether oxygens (including phenoxy) is 1. The Hall–Kier alpha value is -2.24. The van der Waals surface area contributed by atoms with Gasteiger partial charge in [0, 0.05) is 25.9 Å². The second-order valence-corrected chi connectivity index (χ2v) is 3.79. The Bertz CT molecular complexity index is 549. The third kappa shape index (κ3) is 1.77. The summed E-state index contributed by atoms with van der Waals surface area (Å²) in [6.07, 6.45) is 3.40. The van der Waals surface area contributed by atoms with Crippen LogP contribution in [0.4, 0.5) is 5.69 Å². The minimum atomic E-state index is -0.375. The fraction of sp³-hybridized carbons (Fsp3) is 0.273. The number of nitrogens with two attached hydrogens (primary N) is 1. The Labute approximate surface area is 98.6 Å². The van der Waals surface area contributed by atoms with Crippen molar-refractivity contribution in [3.8, 4) is 11.3 Å². The number of hydrogen-bond donors (Lipinski definition) is 1. The molecule has 0 aliphatic carbocycles. The molecule has 0 spiro atoms. The summed E-state index contributed by atoms with van der Waals surface area (Å²) in [6.45, 7) is 0. The van der Waals surface area contributed by atoms with E-state index in [1.165, 1.54) is 7.11 Å². The van der Waals surface area contributed by atoms with E-state index in [4.69, 9.17) is 10.5 Å². The molecular weight excluding hydrogens is 220 g/mol. The lowest BCUT2D eigenvalue weighted by Crippen LogP contribution is -2.06. The zero-order valence-corrected chi connectivity index (χ0v) is 9.97. The summed E-state index contributed by atoms with van der Waals surface area (Å²) in [4.78, 5) is 11.5. The van der Waals surface area contributed by atoms with Gasteiger partial charge in [-0.2, -0.15) is 5.10 Å². The van der Waals surface area contributed by atoms with Crippen molar-refractivity contribution in [1.82, 2.24) is 14.3 Å². The monoisotopic (exact) mass is 234 g/mol. The molecule has 17 heavy (non-hydrogen) atoms. The summed E-state index contributed by atoms with van der Waals surface area (Å²) in [5, 5.41) is 4.06. The maximum Gasteiger partial charge on any atom is 0.354 e. The number of nitrogens with zero attached hydrogens (tertiary/aromatic N) is 3. The van der Waals surface area contributed by atoms with Crippen molar-refractivity contribution < 1.29 is 9.53 Å². The van der Waals surface area contributed by atoms with Crippen molar-refractivity contribution in [2.24, 2.45) is 14.1 Å². The Morgan fingerprint density at radius 3 is 2.71 bits per heavy atom. The van der Waals surface area contributed by atoms with Crippen molar-refractivity contribution in [3.63, 3.8) is 0 Å². The van der Waals surface area contributed by atoms with E-state index in [-0.39, 0.29) is 5.97 Å². The second kappa shape index (κ2) is 3.97. The molecule has 2 N–H and O–H groups in total. The van der Waals surface area contributed by atoms with Crippen LogP contribution in [0.3, 0.4) is 0 Å². The van der Waals surface area contributed by atoms with Crippen LogP contribution in [0.1, 0.15) is 10.5 Å². The van der Waals surface area contributed by atoms with Gasteiger partial charge in [-0.1, -0.05) is 0 Å². The maximum atomic E-state index is 11.5. The molecule has 0 unspecified atom stereocenters. The molecule has 0 fully saturated rings. The third-order valence-electron chi connectivity index (χ3n) is 2.64. The van der Waals surface area contributed by atoms with Crippen LogP contribution in [0.2, 0.25) is 0 Å². The highest BCUT2D eigenvalue weighted by Gasteiger charge is 2.16. The molecule has 0 aliphatic rings. The number of aromatic nitrogens is 3. The first-order valence-corrected chi connectivity index (χ1v) is 5.07. The van der Waals surface area contributed by atoms with Gasteiger partial charge in [-0.25, -0.2) is 4.79 Å². The molecule has 2 heterocycles.